The molecule has 0 radical (unpaired) electrons. The van der Waals surface area contributed by atoms with E-state index in [1.165, 1.54) is 51.7 Å². The van der Waals surface area contributed by atoms with Gasteiger partial charge in [-0.1, -0.05) is 50.6 Å². The molecule has 1 aliphatic rings. The van der Waals surface area contributed by atoms with E-state index in [4.69, 9.17) is 14.8 Å². The number of pyridine rings is 1. The molecule has 3 aromatic carbocycles. The average Bonchev–Trinajstić information content (AvgIpc) is 3.56. The normalized spacial score (nSPS) is 16.8. The van der Waals surface area contributed by atoms with Gasteiger partial charge in [-0.2, -0.15) is 5.10 Å². The van der Waals surface area contributed by atoms with Crippen molar-refractivity contribution in [2.24, 2.45) is 5.92 Å². The van der Waals surface area contributed by atoms with Gasteiger partial charge in [-0.3, -0.25) is 4.57 Å². The zero-order valence-electron chi connectivity index (χ0n) is 27.3. The molecule has 5 heteroatoms. The minimum Gasteiger partial charge on any atom is -0.457 e. The summed E-state index contributed by atoms with van der Waals surface area (Å²) in [6.45, 7) is 13.4. The predicted molar refractivity (Wildman–Crippen MR) is 185 cm³/mol. The standard InChI is InChI=1S/C40H42N4O/c1-7-34-40(39-27(5)12-11-13-28(39)6)35(8-2)44(42-34)29-20-26(4)21-31(23-29)45-30-16-17-33-32-14-9-10-15-36(32)43(37(33)24-30)38-22-25(3)18-19-41-38/h9-10,12,14-24,28,39H,7-8,11,13H2,1-6H3/t28-,39?/m0/s1. The van der Waals surface area contributed by atoms with Gasteiger partial charge >= 0.3 is 0 Å². The highest BCUT2D eigenvalue weighted by atomic mass is 16.5. The molecule has 0 N–H and O–H groups in total. The lowest BCUT2D eigenvalue weighted by molar-refractivity contribution is 0.446. The summed E-state index contributed by atoms with van der Waals surface area (Å²) < 4.78 is 11.1. The lowest BCUT2D eigenvalue weighted by atomic mass is 9.74. The molecule has 1 unspecified atom stereocenters. The summed E-state index contributed by atoms with van der Waals surface area (Å²) in [6.07, 6.45) is 8.56. The van der Waals surface area contributed by atoms with Crippen LogP contribution >= 0.6 is 0 Å². The van der Waals surface area contributed by atoms with E-state index < -0.39 is 0 Å². The maximum atomic E-state index is 6.64. The van der Waals surface area contributed by atoms with Gasteiger partial charge in [0.1, 0.15) is 17.3 Å². The Morgan fingerprint density at radius 1 is 0.822 bits per heavy atom. The molecular weight excluding hydrogens is 552 g/mol. The Labute approximate surface area is 266 Å². The van der Waals surface area contributed by atoms with Crippen molar-refractivity contribution in [3.63, 3.8) is 0 Å². The molecule has 45 heavy (non-hydrogen) atoms. The first-order valence-corrected chi connectivity index (χ1v) is 16.4. The summed E-state index contributed by atoms with van der Waals surface area (Å²) in [7, 11) is 0. The highest BCUT2D eigenvalue weighted by molar-refractivity contribution is 6.09. The SMILES string of the molecule is CCc1nn(-c2cc(C)cc(Oc3ccc4c5ccccc5n(-c5cc(C)ccn5)c4c3)c2)c(CC)c1C1C(C)=CCC[C@@H]1C. The third-order valence-corrected chi connectivity index (χ3v) is 9.52. The number of ether oxygens (including phenoxy) is 1. The maximum Gasteiger partial charge on any atom is 0.137 e. The van der Waals surface area contributed by atoms with Gasteiger partial charge in [0.2, 0.25) is 0 Å². The number of aromatic nitrogens is 4. The summed E-state index contributed by atoms with van der Waals surface area (Å²) in [5.41, 5.74) is 11.0. The first kappa shape index (κ1) is 29.1. The molecule has 7 rings (SSSR count). The van der Waals surface area contributed by atoms with Crippen LogP contribution in [0, 0.1) is 19.8 Å². The molecule has 0 aliphatic heterocycles. The van der Waals surface area contributed by atoms with Crippen molar-refractivity contribution in [1.29, 1.82) is 0 Å². The Bertz CT molecular complexity index is 2080. The van der Waals surface area contributed by atoms with Crippen LogP contribution in [0.5, 0.6) is 11.5 Å². The van der Waals surface area contributed by atoms with Crippen LogP contribution in [0.15, 0.2) is 90.6 Å². The van der Waals surface area contributed by atoms with E-state index in [9.17, 15) is 0 Å². The summed E-state index contributed by atoms with van der Waals surface area (Å²) in [5, 5.41) is 7.62. The van der Waals surface area contributed by atoms with Crippen LogP contribution in [-0.2, 0) is 12.8 Å². The van der Waals surface area contributed by atoms with Gasteiger partial charge in [-0.25, -0.2) is 9.67 Å². The number of benzene rings is 3. The maximum absolute atomic E-state index is 6.64. The van der Waals surface area contributed by atoms with Crippen molar-refractivity contribution in [3.05, 3.63) is 119 Å². The Kier molecular flexibility index (Phi) is 7.56. The van der Waals surface area contributed by atoms with Crippen LogP contribution in [0.1, 0.15) is 74.5 Å². The second kappa shape index (κ2) is 11.7. The van der Waals surface area contributed by atoms with Gasteiger partial charge in [0.05, 0.1) is 22.4 Å². The van der Waals surface area contributed by atoms with E-state index in [0.29, 0.717) is 11.8 Å². The second-order valence-corrected chi connectivity index (χ2v) is 12.7. The fourth-order valence-electron chi connectivity index (χ4n) is 7.47. The average molecular weight is 595 g/mol. The van der Waals surface area contributed by atoms with Gasteiger partial charge in [-0.15, -0.1) is 0 Å². The number of rotatable bonds is 7. The fraction of sp³-hybridized carbons (Fsp3) is 0.300. The molecule has 1 aliphatic carbocycles. The van der Waals surface area contributed by atoms with Crippen molar-refractivity contribution in [2.45, 2.75) is 73.1 Å². The van der Waals surface area contributed by atoms with E-state index in [1.54, 1.807) is 0 Å². The van der Waals surface area contributed by atoms with Gasteiger partial charge < -0.3 is 4.74 Å². The Balaban J connectivity index is 1.31. The van der Waals surface area contributed by atoms with E-state index >= 15 is 0 Å². The molecule has 3 heterocycles. The monoisotopic (exact) mass is 594 g/mol. The van der Waals surface area contributed by atoms with Crippen molar-refractivity contribution < 1.29 is 4.74 Å². The number of fused-ring (bicyclic) bond motifs is 3. The first-order chi connectivity index (χ1) is 21.9. The minimum absolute atomic E-state index is 0.430. The second-order valence-electron chi connectivity index (χ2n) is 12.7. The smallest absolute Gasteiger partial charge is 0.137 e. The van der Waals surface area contributed by atoms with Crippen LogP contribution in [0.4, 0.5) is 0 Å². The number of allylic oxidation sites excluding steroid dienone is 2. The van der Waals surface area contributed by atoms with Crippen LogP contribution in [0.2, 0.25) is 0 Å². The summed E-state index contributed by atoms with van der Waals surface area (Å²) >= 11 is 0. The van der Waals surface area contributed by atoms with E-state index in [-0.39, 0.29) is 0 Å². The molecule has 6 aromatic rings. The van der Waals surface area contributed by atoms with Crippen LogP contribution < -0.4 is 4.74 Å². The number of para-hydroxylation sites is 1. The van der Waals surface area contributed by atoms with Gasteiger partial charge in [0.15, 0.2) is 0 Å². The van der Waals surface area contributed by atoms with Crippen molar-refractivity contribution in [2.75, 3.05) is 0 Å². The quantitative estimate of drug-likeness (QED) is 0.173. The topological polar surface area (TPSA) is 44.9 Å². The molecule has 228 valence electrons. The summed E-state index contributed by atoms with van der Waals surface area (Å²) in [4.78, 5) is 4.74. The molecule has 2 atom stereocenters. The Morgan fingerprint density at radius 2 is 1.64 bits per heavy atom. The molecule has 5 nitrogen and oxygen atoms in total. The fourth-order valence-corrected chi connectivity index (χ4v) is 7.47. The first-order valence-electron chi connectivity index (χ1n) is 16.4. The lowest BCUT2D eigenvalue weighted by Gasteiger charge is -2.30. The van der Waals surface area contributed by atoms with Gasteiger partial charge in [0, 0.05) is 46.3 Å². The lowest BCUT2D eigenvalue weighted by Crippen LogP contribution is -2.17. The number of hydrogen-bond donors (Lipinski definition) is 0. The molecule has 0 saturated heterocycles. The molecule has 0 spiro atoms. The third kappa shape index (κ3) is 5.14. The summed E-state index contributed by atoms with van der Waals surface area (Å²) in [6, 6.07) is 25.5. The van der Waals surface area contributed by atoms with Crippen LogP contribution in [0.25, 0.3) is 33.3 Å². The van der Waals surface area contributed by atoms with Crippen LogP contribution in [-0.4, -0.2) is 19.3 Å². The number of nitrogens with zero attached hydrogens (tertiary/aromatic N) is 4. The molecule has 0 saturated carbocycles. The zero-order chi connectivity index (χ0) is 31.2. The van der Waals surface area contributed by atoms with Crippen LogP contribution in [0.3, 0.4) is 0 Å². The number of aryl methyl sites for hydroxylation is 3. The summed E-state index contributed by atoms with van der Waals surface area (Å²) in [5.74, 6) is 3.54. The Hall–Kier alpha value is -4.64. The van der Waals surface area contributed by atoms with E-state index in [1.807, 2.05) is 12.3 Å². The largest absolute Gasteiger partial charge is 0.457 e. The van der Waals surface area contributed by atoms with Gasteiger partial charge in [0.25, 0.3) is 0 Å². The molecule has 0 fully saturated rings. The molecule has 0 amide bonds. The third-order valence-electron chi connectivity index (χ3n) is 9.52. The van der Waals surface area contributed by atoms with Crippen molar-refractivity contribution in [1.82, 2.24) is 19.3 Å². The predicted octanol–water partition coefficient (Wildman–Crippen LogP) is 10.4. The number of hydrogen-bond acceptors (Lipinski definition) is 3. The van der Waals surface area contributed by atoms with E-state index in [0.717, 1.165) is 52.4 Å². The highest BCUT2D eigenvalue weighted by Crippen LogP contribution is 2.42. The minimum atomic E-state index is 0.430. The molecule has 0 bridgehead atoms. The van der Waals surface area contributed by atoms with Crippen molar-refractivity contribution in [3.8, 4) is 23.0 Å². The van der Waals surface area contributed by atoms with Crippen molar-refractivity contribution >= 4 is 21.8 Å². The Morgan fingerprint density at radius 3 is 2.42 bits per heavy atom. The zero-order valence-corrected chi connectivity index (χ0v) is 27.3. The highest BCUT2D eigenvalue weighted by Gasteiger charge is 2.31. The van der Waals surface area contributed by atoms with E-state index in [2.05, 4.69) is 124 Å². The molecule has 3 aromatic heterocycles. The van der Waals surface area contributed by atoms with Gasteiger partial charge in [-0.05, 0) is 106 Å². The molecular formula is C40H42N4O.